The van der Waals surface area contributed by atoms with E-state index in [1.54, 1.807) is 18.5 Å². The Hall–Kier alpha value is -2.72. The largest absolute Gasteiger partial charge is 0.337 e. The molecule has 1 amide bonds. The highest BCUT2D eigenvalue weighted by Crippen LogP contribution is 2.06. The molecular formula is C21H23N3O. The first-order chi connectivity index (χ1) is 12.3. The quantitative estimate of drug-likeness (QED) is 0.790. The van der Waals surface area contributed by atoms with Gasteiger partial charge in [0, 0.05) is 51.2 Å². The summed E-state index contributed by atoms with van der Waals surface area (Å²) in [4.78, 5) is 20.5. The SMILES string of the molecule is O=C(C=Cc1ccncc1)N1CCN(CC=Cc2ccccc2)CC1. The molecule has 1 fully saturated rings. The van der Waals surface area contributed by atoms with Crippen molar-refractivity contribution in [2.45, 2.75) is 0 Å². The Morgan fingerprint density at radius 3 is 2.32 bits per heavy atom. The summed E-state index contributed by atoms with van der Waals surface area (Å²) >= 11 is 0. The molecule has 4 nitrogen and oxygen atoms in total. The Morgan fingerprint density at radius 1 is 0.920 bits per heavy atom. The number of carbonyl (C=O) groups is 1. The minimum atomic E-state index is 0.0799. The van der Waals surface area contributed by atoms with E-state index in [1.807, 2.05) is 41.3 Å². The number of aromatic nitrogens is 1. The Labute approximate surface area is 149 Å². The van der Waals surface area contributed by atoms with Crippen LogP contribution in [0.2, 0.25) is 0 Å². The molecule has 0 saturated carbocycles. The number of piperazine rings is 1. The topological polar surface area (TPSA) is 36.4 Å². The van der Waals surface area contributed by atoms with Crippen LogP contribution in [-0.4, -0.2) is 53.4 Å². The van der Waals surface area contributed by atoms with E-state index < -0.39 is 0 Å². The van der Waals surface area contributed by atoms with Gasteiger partial charge in [-0.3, -0.25) is 14.7 Å². The summed E-state index contributed by atoms with van der Waals surface area (Å²) in [7, 11) is 0. The van der Waals surface area contributed by atoms with Gasteiger partial charge in [-0.2, -0.15) is 0 Å². The van der Waals surface area contributed by atoms with E-state index in [0.717, 1.165) is 38.3 Å². The number of nitrogens with zero attached hydrogens (tertiary/aromatic N) is 3. The minimum absolute atomic E-state index is 0.0799. The highest BCUT2D eigenvalue weighted by Gasteiger charge is 2.18. The van der Waals surface area contributed by atoms with Crippen molar-refractivity contribution < 1.29 is 4.79 Å². The fourth-order valence-corrected chi connectivity index (χ4v) is 2.80. The number of benzene rings is 1. The van der Waals surface area contributed by atoms with Crippen molar-refractivity contribution in [2.75, 3.05) is 32.7 Å². The van der Waals surface area contributed by atoms with Crippen LogP contribution in [0.1, 0.15) is 11.1 Å². The number of pyridine rings is 1. The van der Waals surface area contributed by atoms with E-state index in [1.165, 1.54) is 5.56 Å². The van der Waals surface area contributed by atoms with Gasteiger partial charge >= 0.3 is 0 Å². The number of amides is 1. The second-order valence-corrected chi connectivity index (χ2v) is 6.05. The average molecular weight is 333 g/mol. The van der Waals surface area contributed by atoms with Crippen molar-refractivity contribution in [3.63, 3.8) is 0 Å². The molecule has 0 radical (unpaired) electrons. The zero-order valence-electron chi connectivity index (χ0n) is 14.3. The molecule has 0 unspecified atom stereocenters. The summed E-state index contributed by atoms with van der Waals surface area (Å²) in [6.07, 6.45) is 11.3. The Bertz CT molecular complexity index is 717. The maximum Gasteiger partial charge on any atom is 0.246 e. The molecule has 0 spiro atoms. The van der Waals surface area contributed by atoms with Crippen molar-refractivity contribution in [2.24, 2.45) is 0 Å². The first-order valence-corrected chi connectivity index (χ1v) is 8.62. The van der Waals surface area contributed by atoms with Gasteiger partial charge < -0.3 is 4.90 Å². The third-order valence-corrected chi connectivity index (χ3v) is 4.28. The summed E-state index contributed by atoms with van der Waals surface area (Å²) in [6.45, 7) is 4.29. The average Bonchev–Trinajstić information content (AvgIpc) is 2.68. The molecule has 1 aliphatic rings. The molecule has 0 aliphatic carbocycles. The third-order valence-electron chi connectivity index (χ3n) is 4.28. The molecule has 1 aromatic carbocycles. The van der Waals surface area contributed by atoms with Crippen LogP contribution in [0.4, 0.5) is 0 Å². The van der Waals surface area contributed by atoms with Gasteiger partial charge in [0.15, 0.2) is 0 Å². The van der Waals surface area contributed by atoms with Crippen molar-refractivity contribution in [3.8, 4) is 0 Å². The molecule has 1 aromatic heterocycles. The molecule has 1 aliphatic heterocycles. The van der Waals surface area contributed by atoms with Crippen molar-refractivity contribution in [1.82, 2.24) is 14.8 Å². The Kier molecular flexibility index (Phi) is 6.12. The lowest BCUT2D eigenvalue weighted by atomic mass is 10.2. The van der Waals surface area contributed by atoms with E-state index in [-0.39, 0.29) is 5.91 Å². The lowest BCUT2D eigenvalue weighted by Gasteiger charge is -2.33. The summed E-state index contributed by atoms with van der Waals surface area (Å²) in [6, 6.07) is 14.1. The maximum atomic E-state index is 12.3. The minimum Gasteiger partial charge on any atom is -0.337 e. The normalized spacial score (nSPS) is 15.9. The second-order valence-electron chi connectivity index (χ2n) is 6.05. The number of carbonyl (C=O) groups excluding carboxylic acids is 1. The lowest BCUT2D eigenvalue weighted by Crippen LogP contribution is -2.48. The van der Waals surface area contributed by atoms with Crippen LogP contribution in [0.5, 0.6) is 0 Å². The fourth-order valence-electron chi connectivity index (χ4n) is 2.80. The standard InChI is InChI=1S/C21H23N3O/c25-21(9-8-20-10-12-22-13-11-20)24-17-15-23(16-18-24)14-4-7-19-5-2-1-3-6-19/h1-13H,14-18H2. The van der Waals surface area contributed by atoms with Crippen molar-refractivity contribution in [3.05, 3.63) is 78.1 Å². The van der Waals surface area contributed by atoms with Crippen LogP contribution in [0.25, 0.3) is 12.2 Å². The molecule has 128 valence electrons. The van der Waals surface area contributed by atoms with Crippen LogP contribution < -0.4 is 0 Å². The van der Waals surface area contributed by atoms with E-state index in [0.29, 0.717) is 0 Å². The molecular weight excluding hydrogens is 310 g/mol. The number of hydrogen-bond acceptors (Lipinski definition) is 3. The fraction of sp³-hybridized carbons (Fsp3) is 0.238. The number of hydrogen-bond donors (Lipinski definition) is 0. The van der Waals surface area contributed by atoms with Crippen LogP contribution >= 0.6 is 0 Å². The van der Waals surface area contributed by atoms with Gasteiger partial charge in [0.05, 0.1) is 0 Å². The predicted octanol–water partition coefficient (Wildman–Crippen LogP) is 2.95. The van der Waals surface area contributed by atoms with Gasteiger partial charge in [0.1, 0.15) is 0 Å². The zero-order chi connectivity index (χ0) is 17.3. The molecule has 3 rings (SSSR count). The van der Waals surface area contributed by atoms with E-state index in [9.17, 15) is 4.79 Å². The van der Waals surface area contributed by atoms with Crippen LogP contribution in [0.15, 0.2) is 67.0 Å². The van der Waals surface area contributed by atoms with Gasteiger partial charge in [0.2, 0.25) is 5.91 Å². The molecule has 0 atom stereocenters. The van der Waals surface area contributed by atoms with Gasteiger partial charge in [-0.1, -0.05) is 42.5 Å². The van der Waals surface area contributed by atoms with Gasteiger partial charge in [-0.25, -0.2) is 0 Å². The second kappa shape index (κ2) is 8.94. The van der Waals surface area contributed by atoms with E-state index in [2.05, 4.69) is 34.2 Å². The number of rotatable bonds is 5. The van der Waals surface area contributed by atoms with Gasteiger partial charge in [0.25, 0.3) is 0 Å². The Morgan fingerprint density at radius 2 is 1.60 bits per heavy atom. The molecule has 4 heteroatoms. The first-order valence-electron chi connectivity index (χ1n) is 8.62. The van der Waals surface area contributed by atoms with Gasteiger partial charge in [-0.15, -0.1) is 0 Å². The predicted molar refractivity (Wildman–Crippen MR) is 102 cm³/mol. The van der Waals surface area contributed by atoms with Crippen LogP contribution in [0.3, 0.4) is 0 Å². The van der Waals surface area contributed by atoms with Gasteiger partial charge in [-0.05, 0) is 29.3 Å². The van der Waals surface area contributed by atoms with Crippen molar-refractivity contribution in [1.29, 1.82) is 0 Å². The molecule has 2 heterocycles. The van der Waals surface area contributed by atoms with Crippen LogP contribution in [-0.2, 0) is 4.79 Å². The molecule has 2 aromatic rings. The lowest BCUT2D eigenvalue weighted by molar-refractivity contribution is -0.127. The molecule has 0 bridgehead atoms. The highest BCUT2D eigenvalue weighted by molar-refractivity contribution is 5.91. The van der Waals surface area contributed by atoms with Crippen LogP contribution in [0, 0.1) is 0 Å². The zero-order valence-corrected chi connectivity index (χ0v) is 14.3. The molecule has 1 saturated heterocycles. The third kappa shape index (κ3) is 5.40. The smallest absolute Gasteiger partial charge is 0.246 e. The summed E-state index contributed by atoms with van der Waals surface area (Å²) in [5, 5.41) is 0. The summed E-state index contributed by atoms with van der Waals surface area (Å²) < 4.78 is 0. The molecule has 0 N–H and O–H groups in total. The van der Waals surface area contributed by atoms with Crippen molar-refractivity contribution >= 4 is 18.1 Å². The first kappa shape index (κ1) is 17.1. The molecule has 25 heavy (non-hydrogen) atoms. The maximum absolute atomic E-state index is 12.3. The summed E-state index contributed by atoms with van der Waals surface area (Å²) in [5.74, 6) is 0.0799. The highest BCUT2D eigenvalue weighted by atomic mass is 16.2. The summed E-state index contributed by atoms with van der Waals surface area (Å²) in [5.41, 5.74) is 2.21. The van der Waals surface area contributed by atoms with E-state index >= 15 is 0 Å². The Balaban J connectivity index is 1.43. The monoisotopic (exact) mass is 333 g/mol. The van der Waals surface area contributed by atoms with E-state index in [4.69, 9.17) is 0 Å².